The predicted molar refractivity (Wildman–Crippen MR) is 135 cm³/mol. The second-order valence-electron chi connectivity index (χ2n) is 7.92. The van der Waals surface area contributed by atoms with Gasteiger partial charge >= 0.3 is 0 Å². The molecule has 1 nitrogen and oxygen atoms in total. The number of hydrogen-bond acceptors (Lipinski definition) is 1. The lowest BCUT2D eigenvalue weighted by molar-refractivity contribution is 0.669. The van der Waals surface area contributed by atoms with Crippen molar-refractivity contribution in [3.63, 3.8) is 0 Å². The number of hydrogen-bond donors (Lipinski definition) is 0. The molecule has 6 rings (SSSR count). The lowest BCUT2D eigenvalue weighted by Crippen LogP contribution is -1.86. The second kappa shape index (κ2) is 7.71. The average Bonchev–Trinajstić information content (AvgIpc) is 3.23. The van der Waals surface area contributed by atoms with Gasteiger partial charge in [-0.05, 0) is 52.1 Å². The number of halogens is 1. The first-order chi connectivity index (χ1) is 15.8. The van der Waals surface area contributed by atoms with Crippen LogP contribution in [0.2, 0.25) is 5.02 Å². The van der Waals surface area contributed by atoms with Crippen LogP contribution in [0.25, 0.3) is 55.3 Å². The Morgan fingerprint density at radius 3 is 1.91 bits per heavy atom. The quantitative estimate of drug-likeness (QED) is 0.272. The number of rotatable bonds is 3. The summed E-state index contributed by atoms with van der Waals surface area (Å²) in [5.41, 5.74) is 8.35. The zero-order valence-corrected chi connectivity index (χ0v) is 18.0. The molecule has 0 unspecified atom stereocenters. The Bertz CT molecular complexity index is 1560. The minimum absolute atomic E-state index is 0.723. The fourth-order valence-electron chi connectivity index (χ4n) is 4.41. The van der Waals surface area contributed by atoms with E-state index in [0.717, 1.165) is 60.3 Å². The molecule has 0 aliphatic rings. The van der Waals surface area contributed by atoms with Crippen LogP contribution in [0.5, 0.6) is 0 Å². The third-order valence-corrected chi connectivity index (χ3v) is 6.26. The van der Waals surface area contributed by atoms with Gasteiger partial charge in [-0.3, -0.25) is 0 Å². The third kappa shape index (κ3) is 3.19. The van der Waals surface area contributed by atoms with Crippen LogP contribution in [0.1, 0.15) is 0 Å². The summed E-state index contributed by atoms with van der Waals surface area (Å²) in [7, 11) is 0. The van der Waals surface area contributed by atoms with Crippen molar-refractivity contribution in [2.45, 2.75) is 0 Å². The van der Waals surface area contributed by atoms with Gasteiger partial charge in [-0.15, -0.1) is 0 Å². The molecule has 1 heterocycles. The minimum Gasteiger partial charge on any atom is -0.456 e. The molecule has 0 spiro atoms. The van der Waals surface area contributed by atoms with Gasteiger partial charge in [-0.1, -0.05) is 103 Å². The van der Waals surface area contributed by atoms with Crippen molar-refractivity contribution < 1.29 is 4.42 Å². The molecule has 5 aromatic carbocycles. The van der Waals surface area contributed by atoms with Crippen LogP contribution in [0.15, 0.2) is 120 Å². The molecule has 2 heteroatoms. The number of furan rings is 1. The van der Waals surface area contributed by atoms with Crippen molar-refractivity contribution in [2.24, 2.45) is 0 Å². The lowest BCUT2D eigenvalue weighted by Gasteiger charge is -2.11. The molecule has 0 saturated carbocycles. The van der Waals surface area contributed by atoms with Gasteiger partial charge < -0.3 is 4.42 Å². The predicted octanol–water partition coefficient (Wildman–Crippen LogP) is 9.24. The van der Waals surface area contributed by atoms with Crippen molar-refractivity contribution in [1.29, 1.82) is 0 Å². The molecule has 0 fully saturated rings. The Balaban J connectivity index is 1.58. The SMILES string of the molecule is Clc1cc(-c2ccccc2)ccc1-c1cc(-c2ccccc2)c2c(c1)oc1ccccc12. The molecule has 1 aromatic heterocycles. The van der Waals surface area contributed by atoms with Crippen LogP contribution in [0.4, 0.5) is 0 Å². The smallest absolute Gasteiger partial charge is 0.136 e. The standard InChI is InChI=1S/C30H19ClO/c31-27-18-22(20-9-3-1-4-10-20)15-16-24(27)23-17-26(21-11-5-2-6-12-21)30-25-13-7-8-14-28(25)32-29(30)19-23/h1-19H. The van der Waals surface area contributed by atoms with Crippen LogP contribution < -0.4 is 0 Å². The van der Waals surface area contributed by atoms with E-state index in [-0.39, 0.29) is 0 Å². The number of para-hydroxylation sites is 1. The Morgan fingerprint density at radius 2 is 1.16 bits per heavy atom. The van der Waals surface area contributed by atoms with Gasteiger partial charge in [0.25, 0.3) is 0 Å². The molecule has 0 atom stereocenters. The fourth-order valence-corrected chi connectivity index (χ4v) is 4.70. The van der Waals surface area contributed by atoms with Gasteiger partial charge in [0.15, 0.2) is 0 Å². The molecule has 6 aromatic rings. The summed E-state index contributed by atoms with van der Waals surface area (Å²) in [6, 6.07) is 39.5. The highest BCUT2D eigenvalue weighted by Gasteiger charge is 2.16. The molecule has 32 heavy (non-hydrogen) atoms. The summed E-state index contributed by atoms with van der Waals surface area (Å²) in [6.45, 7) is 0. The topological polar surface area (TPSA) is 13.1 Å². The summed E-state index contributed by atoms with van der Waals surface area (Å²) in [6.07, 6.45) is 0. The number of benzene rings is 5. The molecular formula is C30H19ClO. The van der Waals surface area contributed by atoms with Gasteiger partial charge in [-0.2, -0.15) is 0 Å². The Labute approximate surface area is 191 Å². The van der Waals surface area contributed by atoms with Crippen LogP contribution in [-0.4, -0.2) is 0 Å². The van der Waals surface area contributed by atoms with E-state index < -0.39 is 0 Å². The summed E-state index contributed by atoms with van der Waals surface area (Å²) in [5, 5.41) is 2.98. The molecule has 0 bridgehead atoms. The summed E-state index contributed by atoms with van der Waals surface area (Å²) < 4.78 is 6.27. The summed E-state index contributed by atoms with van der Waals surface area (Å²) in [4.78, 5) is 0. The van der Waals surface area contributed by atoms with Crippen LogP contribution in [-0.2, 0) is 0 Å². The molecule has 0 N–H and O–H groups in total. The second-order valence-corrected chi connectivity index (χ2v) is 8.33. The molecule has 0 saturated heterocycles. The van der Waals surface area contributed by atoms with E-state index in [4.69, 9.17) is 16.0 Å². The highest BCUT2D eigenvalue weighted by molar-refractivity contribution is 6.33. The van der Waals surface area contributed by atoms with Crippen LogP contribution >= 0.6 is 11.6 Å². The van der Waals surface area contributed by atoms with E-state index in [2.05, 4.69) is 72.8 Å². The van der Waals surface area contributed by atoms with Gasteiger partial charge in [0.1, 0.15) is 11.2 Å². The van der Waals surface area contributed by atoms with E-state index >= 15 is 0 Å². The molecule has 0 radical (unpaired) electrons. The molecule has 0 aliphatic heterocycles. The van der Waals surface area contributed by atoms with Crippen LogP contribution in [0, 0.1) is 0 Å². The zero-order chi connectivity index (χ0) is 21.5. The van der Waals surface area contributed by atoms with Crippen molar-refractivity contribution in [2.75, 3.05) is 0 Å². The Hall–Kier alpha value is -3.81. The van der Waals surface area contributed by atoms with Gasteiger partial charge in [0.05, 0.1) is 0 Å². The Morgan fingerprint density at radius 1 is 0.469 bits per heavy atom. The van der Waals surface area contributed by atoms with Gasteiger partial charge in [0.2, 0.25) is 0 Å². The summed E-state index contributed by atoms with van der Waals surface area (Å²) in [5.74, 6) is 0. The summed E-state index contributed by atoms with van der Waals surface area (Å²) >= 11 is 6.81. The first-order valence-electron chi connectivity index (χ1n) is 10.6. The first-order valence-corrected chi connectivity index (χ1v) is 11.0. The minimum atomic E-state index is 0.723. The third-order valence-electron chi connectivity index (χ3n) is 5.95. The maximum absolute atomic E-state index is 6.81. The normalized spacial score (nSPS) is 11.3. The van der Waals surface area contributed by atoms with E-state index in [9.17, 15) is 0 Å². The van der Waals surface area contributed by atoms with Crippen molar-refractivity contribution in [3.8, 4) is 33.4 Å². The zero-order valence-electron chi connectivity index (χ0n) is 17.3. The van der Waals surface area contributed by atoms with Crippen molar-refractivity contribution >= 4 is 33.5 Å². The molecule has 0 amide bonds. The first kappa shape index (κ1) is 18.9. The van der Waals surface area contributed by atoms with E-state index in [1.54, 1.807) is 0 Å². The number of fused-ring (bicyclic) bond motifs is 3. The van der Waals surface area contributed by atoms with Crippen molar-refractivity contribution in [1.82, 2.24) is 0 Å². The largest absolute Gasteiger partial charge is 0.456 e. The maximum atomic E-state index is 6.81. The van der Waals surface area contributed by atoms with E-state index in [1.807, 2.05) is 42.5 Å². The lowest BCUT2D eigenvalue weighted by atomic mass is 9.93. The maximum Gasteiger partial charge on any atom is 0.136 e. The van der Waals surface area contributed by atoms with E-state index in [0.29, 0.717) is 0 Å². The van der Waals surface area contributed by atoms with Crippen molar-refractivity contribution in [3.05, 3.63) is 120 Å². The highest BCUT2D eigenvalue weighted by Crippen LogP contribution is 2.41. The molecular weight excluding hydrogens is 412 g/mol. The van der Waals surface area contributed by atoms with Gasteiger partial charge in [-0.25, -0.2) is 0 Å². The average molecular weight is 431 g/mol. The fraction of sp³-hybridized carbons (Fsp3) is 0. The van der Waals surface area contributed by atoms with E-state index in [1.165, 1.54) is 0 Å². The van der Waals surface area contributed by atoms with Gasteiger partial charge in [0, 0.05) is 21.4 Å². The molecule has 152 valence electrons. The monoisotopic (exact) mass is 430 g/mol. The Kier molecular flexibility index (Phi) is 4.56. The van der Waals surface area contributed by atoms with Crippen LogP contribution in [0.3, 0.4) is 0 Å². The highest BCUT2D eigenvalue weighted by atomic mass is 35.5. The molecule has 0 aliphatic carbocycles.